The summed E-state index contributed by atoms with van der Waals surface area (Å²) in [7, 11) is 3.07. The summed E-state index contributed by atoms with van der Waals surface area (Å²) < 4.78 is 0. The molecule has 8 nitrogen and oxygen atoms in total. The number of carboxylic acids is 1. The van der Waals surface area contributed by atoms with Crippen LogP contribution >= 0.6 is 11.3 Å². The second-order valence-electron chi connectivity index (χ2n) is 6.38. The van der Waals surface area contributed by atoms with Gasteiger partial charge in [-0.3, -0.25) is 19.2 Å². The number of likely N-dealkylation sites (tertiary alicyclic amines) is 1. The van der Waals surface area contributed by atoms with Crippen molar-refractivity contribution in [3.63, 3.8) is 0 Å². The fourth-order valence-corrected chi connectivity index (χ4v) is 3.47. The molecule has 1 aromatic rings. The maximum absolute atomic E-state index is 12.3. The molecule has 26 heavy (non-hydrogen) atoms. The summed E-state index contributed by atoms with van der Waals surface area (Å²) in [6, 6.07) is 3.47. The number of hydrogen-bond acceptors (Lipinski definition) is 5. The Morgan fingerprint density at radius 1 is 1.15 bits per heavy atom. The normalized spacial score (nSPS) is 14.8. The molecule has 142 valence electrons. The first-order chi connectivity index (χ1) is 12.3. The molecule has 0 aromatic carbocycles. The van der Waals surface area contributed by atoms with Crippen LogP contribution in [0.4, 0.5) is 0 Å². The van der Waals surface area contributed by atoms with Crippen molar-refractivity contribution in [2.24, 2.45) is 5.92 Å². The van der Waals surface area contributed by atoms with E-state index in [1.165, 1.54) is 28.2 Å². The number of hydrogen-bond donors (Lipinski definition) is 1. The van der Waals surface area contributed by atoms with Crippen molar-refractivity contribution in [1.29, 1.82) is 0 Å². The molecule has 0 bridgehead atoms. The van der Waals surface area contributed by atoms with Gasteiger partial charge in [0, 0.05) is 27.2 Å². The monoisotopic (exact) mass is 381 g/mol. The lowest BCUT2D eigenvalue weighted by atomic mass is 9.97. The number of carbonyl (C=O) groups is 4. The molecule has 2 rings (SSSR count). The minimum Gasteiger partial charge on any atom is -0.481 e. The van der Waals surface area contributed by atoms with Crippen molar-refractivity contribution in [2.75, 3.05) is 40.3 Å². The van der Waals surface area contributed by atoms with Crippen LogP contribution in [0.2, 0.25) is 0 Å². The third-order valence-electron chi connectivity index (χ3n) is 4.45. The molecule has 0 atom stereocenters. The minimum absolute atomic E-state index is 0.0857. The lowest BCUT2D eigenvalue weighted by molar-refractivity contribution is -0.146. The van der Waals surface area contributed by atoms with Gasteiger partial charge in [-0.05, 0) is 24.3 Å². The molecular formula is C17H23N3O5S. The number of carbonyl (C=O) groups excluding carboxylic acids is 3. The number of aliphatic carboxylic acids is 1. The largest absolute Gasteiger partial charge is 0.481 e. The van der Waals surface area contributed by atoms with Gasteiger partial charge in [-0.15, -0.1) is 11.3 Å². The highest BCUT2D eigenvalue weighted by Crippen LogP contribution is 2.17. The molecule has 0 radical (unpaired) electrons. The zero-order chi connectivity index (χ0) is 19.3. The Kier molecular flexibility index (Phi) is 6.73. The van der Waals surface area contributed by atoms with Gasteiger partial charge < -0.3 is 19.8 Å². The molecule has 1 N–H and O–H groups in total. The topological polar surface area (TPSA) is 98.2 Å². The first kappa shape index (κ1) is 19.9. The van der Waals surface area contributed by atoms with Gasteiger partial charge in [0.05, 0.1) is 23.9 Å². The molecule has 3 amide bonds. The molecule has 0 unspecified atom stereocenters. The van der Waals surface area contributed by atoms with E-state index in [1.807, 2.05) is 0 Å². The highest BCUT2D eigenvalue weighted by molar-refractivity contribution is 7.12. The van der Waals surface area contributed by atoms with E-state index < -0.39 is 11.9 Å². The number of carboxylic acid groups (broad SMARTS) is 1. The van der Waals surface area contributed by atoms with E-state index in [4.69, 9.17) is 5.11 Å². The number of likely N-dealkylation sites (N-methyl/N-ethyl adjacent to an activating group) is 2. The fraction of sp³-hybridized carbons (Fsp3) is 0.529. The van der Waals surface area contributed by atoms with Gasteiger partial charge in [-0.25, -0.2) is 0 Å². The molecule has 1 saturated heterocycles. The highest BCUT2D eigenvalue weighted by Gasteiger charge is 2.28. The smallest absolute Gasteiger partial charge is 0.306 e. The van der Waals surface area contributed by atoms with Gasteiger partial charge in [-0.2, -0.15) is 0 Å². The van der Waals surface area contributed by atoms with Gasteiger partial charge in [0.15, 0.2) is 0 Å². The summed E-state index contributed by atoms with van der Waals surface area (Å²) in [5.41, 5.74) is 0. The van der Waals surface area contributed by atoms with Crippen LogP contribution in [-0.4, -0.2) is 83.8 Å². The van der Waals surface area contributed by atoms with E-state index in [0.717, 1.165) is 0 Å². The lowest BCUT2D eigenvalue weighted by Crippen LogP contribution is -2.47. The third-order valence-corrected chi connectivity index (χ3v) is 5.30. The van der Waals surface area contributed by atoms with Crippen molar-refractivity contribution in [2.45, 2.75) is 12.8 Å². The van der Waals surface area contributed by atoms with Crippen LogP contribution in [0.15, 0.2) is 17.5 Å². The predicted molar refractivity (Wildman–Crippen MR) is 95.9 cm³/mol. The van der Waals surface area contributed by atoms with Crippen molar-refractivity contribution in [3.05, 3.63) is 22.4 Å². The molecule has 2 heterocycles. The molecule has 1 aliphatic rings. The summed E-state index contributed by atoms with van der Waals surface area (Å²) >= 11 is 1.31. The summed E-state index contributed by atoms with van der Waals surface area (Å²) in [5.74, 6) is -2.01. The van der Waals surface area contributed by atoms with E-state index in [0.29, 0.717) is 30.8 Å². The maximum Gasteiger partial charge on any atom is 0.306 e. The predicted octanol–water partition coefficient (Wildman–Crippen LogP) is 0.602. The molecule has 0 spiro atoms. The van der Waals surface area contributed by atoms with Crippen LogP contribution in [0.1, 0.15) is 22.5 Å². The van der Waals surface area contributed by atoms with Crippen molar-refractivity contribution >= 4 is 35.0 Å². The van der Waals surface area contributed by atoms with E-state index in [2.05, 4.69) is 0 Å². The van der Waals surface area contributed by atoms with Gasteiger partial charge in [-0.1, -0.05) is 6.07 Å². The zero-order valence-corrected chi connectivity index (χ0v) is 15.7. The fourth-order valence-electron chi connectivity index (χ4n) is 2.75. The molecular weight excluding hydrogens is 358 g/mol. The van der Waals surface area contributed by atoms with Crippen LogP contribution in [-0.2, 0) is 14.4 Å². The second-order valence-corrected chi connectivity index (χ2v) is 7.33. The third kappa shape index (κ3) is 5.04. The average Bonchev–Trinajstić information content (AvgIpc) is 3.15. The maximum atomic E-state index is 12.3. The van der Waals surface area contributed by atoms with E-state index in [9.17, 15) is 19.2 Å². The minimum atomic E-state index is -0.831. The van der Waals surface area contributed by atoms with Crippen molar-refractivity contribution < 1.29 is 24.3 Å². The quantitative estimate of drug-likeness (QED) is 0.778. The summed E-state index contributed by atoms with van der Waals surface area (Å²) in [6.07, 6.45) is 0.855. The number of rotatable bonds is 6. The van der Waals surface area contributed by atoms with E-state index in [-0.39, 0.29) is 30.8 Å². The highest BCUT2D eigenvalue weighted by atomic mass is 32.1. The van der Waals surface area contributed by atoms with Gasteiger partial charge in [0.1, 0.15) is 0 Å². The molecule has 0 aliphatic carbocycles. The first-order valence-electron chi connectivity index (χ1n) is 8.33. The van der Waals surface area contributed by atoms with Crippen molar-refractivity contribution in [1.82, 2.24) is 14.7 Å². The van der Waals surface area contributed by atoms with E-state index in [1.54, 1.807) is 29.5 Å². The molecule has 0 saturated carbocycles. The number of thiophene rings is 1. The Balaban J connectivity index is 1.80. The molecule has 1 aromatic heterocycles. The number of amides is 3. The van der Waals surface area contributed by atoms with E-state index >= 15 is 0 Å². The lowest BCUT2D eigenvalue weighted by Gasteiger charge is -2.31. The Hall–Kier alpha value is -2.42. The number of piperidine rings is 1. The summed E-state index contributed by atoms with van der Waals surface area (Å²) in [4.78, 5) is 52.5. The van der Waals surface area contributed by atoms with Crippen molar-refractivity contribution in [3.8, 4) is 0 Å². The average molecular weight is 381 g/mol. The standard InChI is InChI=1S/C17H23N3O5S/c1-18(11-15(22)20-7-5-12(6-8-20)17(24)25)14(21)10-19(2)16(23)13-4-3-9-26-13/h3-4,9,12H,5-8,10-11H2,1-2H3,(H,24,25). The zero-order valence-electron chi connectivity index (χ0n) is 14.9. The van der Waals surface area contributed by atoms with Crippen LogP contribution in [0, 0.1) is 5.92 Å². The molecule has 1 aliphatic heterocycles. The summed E-state index contributed by atoms with van der Waals surface area (Å²) in [6.45, 7) is 0.572. The molecule has 9 heteroatoms. The molecule has 1 fully saturated rings. The Bertz CT molecular complexity index is 668. The van der Waals surface area contributed by atoms with Gasteiger partial charge in [0.2, 0.25) is 11.8 Å². The van der Waals surface area contributed by atoms with Crippen LogP contribution in [0.25, 0.3) is 0 Å². The SMILES string of the molecule is CN(CC(=O)N1CCC(C(=O)O)CC1)C(=O)CN(C)C(=O)c1cccs1. The van der Waals surface area contributed by atoms with Crippen LogP contribution < -0.4 is 0 Å². The first-order valence-corrected chi connectivity index (χ1v) is 9.21. The van der Waals surface area contributed by atoms with Gasteiger partial charge >= 0.3 is 5.97 Å². The van der Waals surface area contributed by atoms with Crippen LogP contribution in [0.5, 0.6) is 0 Å². The number of nitrogens with zero attached hydrogens (tertiary/aromatic N) is 3. The second kappa shape index (κ2) is 8.79. The summed E-state index contributed by atoms with van der Waals surface area (Å²) in [5, 5.41) is 10.8. The Morgan fingerprint density at radius 2 is 1.81 bits per heavy atom. The Morgan fingerprint density at radius 3 is 2.35 bits per heavy atom. The van der Waals surface area contributed by atoms with Gasteiger partial charge in [0.25, 0.3) is 5.91 Å². The Labute approximate surface area is 156 Å². The van der Waals surface area contributed by atoms with Crippen LogP contribution in [0.3, 0.4) is 0 Å².